The molecule has 1 aliphatic rings. The second-order valence-electron chi connectivity index (χ2n) is 5.75. The van der Waals surface area contributed by atoms with E-state index in [9.17, 15) is 9.59 Å². The molecule has 0 aliphatic carbocycles. The highest BCUT2D eigenvalue weighted by molar-refractivity contribution is 6.18. The quantitative estimate of drug-likeness (QED) is 0.812. The number of aromatic nitrogens is 1. The van der Waals surface area contributed by atoms with E-state index in [0.29, 0.717) is 32.0 Å². The largest absolute Gasteiger partial charge is 0.378 e. The molecule has 0 N–H and O–H groups in total. The van der Waals surface area contributed by atoms with Crippen molar-refractivity contribution in [3.8, 4) is 0 Å². The number of benzene rings is 1. The van der Waals surface area contributed by atoms with Crippen molar-refractivity contribution in [2.75, 3.05) is 26.3 Å². The number of nitrogens with zero attached hydrogens (tertiary/aromatic N) is 2. The van der Waals surface area contributed by atoms with Gasteiger partial charge in [-0.25, -0.2) is 0 Å². The van der Waals surface area contributed by atoms with Crippen LogP contribution < -0.4 is 5.56 Å². The van der Waals surface area contributed by atoms with Crippen LogP contribution in [0.1, 0.15) is 11.1 Å². The number of hydrogen-bond acceptors (Lipinski definition) is 3. The second kappa shape index (κ2) is 7.27. The van der Waals surface area contributed by atoms with Gasteiger partial charge in [0.2, 0.25) is 0 Å². The van der Waals surface area contributed by atoms with Gasteiger partial charge in [-0.2, -0.15) is 0 Å². The third-order valence-corrected chi connectivity index (χ3v) is 3.98. The summed E-state index contributed by atoms with van der Waals surface area (Å²) in [5.74, 6) is -0.160. The predicted molar refractivity (Wildman–Crippen MR) is 93.4 cm³/mol. The molecule has 0 unspecified atom stereocenters. The van der Waals surface area contributed by atoms with E-state index in [1.54, 1.807) is 29.3 Å². The summed E-state index contributed by atoms with van der Waals surface area (Å²) in [6.45, 7) is 4.12. The van der Waals surface area contributed by atoms with Gasteiger partial charge in [-0.15, -0.1) is 0 Å². The highest BCUT2D eigenvalue weighted by Crippen LogP contribution is 2.15. The van der Waals surface area contributed by atoms with Gasteiger partial charge in [-0.05, 0) is 24.6 Å². The summed E-state index contributed by atoms with van der Waals surface area (Å²) in [7, 11) is 0. The minimum Gasteiger partial charge on any atom is -0.378 e. The van der Waals surface area contributed by atoms with E-state index in [1.165, 1.54) is 10.6 Å². The number of aryl methyl sites for hydroxylation is 1. The molecule has 0 spiro atoms. The molecule has 5 nitrogen and oxygen atoms in total. The lowest BCUT2D eigenvalue weighted by Gasteiger charge is -2.28. The lowest BCUT2D eigenvalue weighted by molar-refractivity contribution is -0.129. The van der Waals surface area contributed by atoms with E-state index in [4.69, 9.17) is 4.74 Å². The van der Waals surface area contributed by atoms with Crippen molar-refractivity contribution in [3.05, 3.63) is 70.1 Å². The monoisotopic (exact) mass is 324 g/mol. The first-order chi connectivity index (χ1) is 11.6. The van der Waals surface area contributed by atoms with E-state index >= 15 is 0 Å². The molecule has 0 saturated carbocycles. The molecule has 24 heavy (non-hydrogen) atoms. The van der Waals surface area contributed by atoms with Gasteiger partial charge < -0.3 is 9.64 Å². The van der Waals surface area contributed by atoms with E-state index in [0.717, 1.165) is 11.1 Å². The topological polar surface area (TPSA) is 51.5 Å². The molecular formula is C19H20N2O3. The maximum Gasteiger partial charge on any atom is 0.271 e. The fraction of sp³-hybridized carbons (Fsp3) is 0.263. The van der Waals surface area contributed by atoms with Crippen molar-refractivity contribution in [1.29, 1.82) is 0 Å². The lowest BCUT2D eigenvalue weighted by Crippen LogP contribution is -2.42. The zero-order valence-electron chi connectivity index (χ0n) is 13.6. The molecule has 1 saturated heterocycles. The number of carbonyl (C=O) groups is 1. The Kier molecular flexibility index (Phi) is 4.91. The molecule has 0 bridgehead atoms. The molecule has 3 rings (SSSR count). The Labute approximate surface area is 140 Å². The highest BCUT2D eigenvalue weighted by Gasteiger charge is 2.22. The molecular weight excluding hydrogens is 304 g/mol. The summed E-state index contributed by atoms with van der Waals surface area (Å²) in [5.41, 5.74) is 2.15. The Morgan fingerprint density at radius 3 is 2.46 bits per heavy atom. The summed E-state index contributed by atoms with van der Waals surface area (Å²) < 4.78 is 6.71. The number of hydrogen-bond donors (Lipinski definition) is 0. The molecule has 124 valence electrons. The smallest absolute Gasteiger partial charge is 0.271 e. The average molecular weight is 324 g/mol. The molecule has 0 radical (unpaired) electrons. The molecule has 2 heterocycles. The molecule has 1 aliphatic heterocycles. The molecule has 0 atom stereocenters. The first kappa shape index (κ1) is 16.2. The molecule has 1 fully saturated rings. The van der Waals surface area contributed by atoms with Gasteiger partial charge in [0, 0.05) is 25.4 Å². The second-order valence-corrected chi connectivity index (χ2v) is 5.75. The summed E-state index contributed by atoms with van der Waals surface area (Å²) in [4.78, 5) is 26.9. The minimum atomic E-state index is -0.225. The first-order valence-corrected chi connectivity index (χ1v) is 7.98. The zero-order chi connectivity index (χ0) is 16.9. The van der Waals surface area contributed by atoms with Crippen molar-refractivity contribution < 1.29 is 9.53 Å². The number of amides is 1. The maximum atomic E-state index is 13.0. The SMILES string of the molecule is Cc1ccc(/C=C(\C(=O)N2CCOCC2)n2ccccc2=O)cc1. The first-order valence-electron chi connectivity index (χ1n) is 7.98. The minimum absolute atomic E-state index is 0.160. The van der Waals surface area contributed by atoms with Crippen LogP contribution in [0.2, 0.25) is 0 Å². The standard InChI is InChI=1S/C19H20N2O3/c1-15-5-7-16(8-6-15)14-17(21-9-3-2-4-18(21)22)19(23)20-10-12-24-13-11-20/h2-9,14H,10-13H2,1H3/b17-14+. The van der Waals surface area contributed by atoms with Crippen LogP contribution in [0.15, 0.2) is 53.5 Å². The Morgan fingerprint density at radius 1 is 1.08 bits per heavy atom. The van der Waals surface area contributed by atoms with Crippen LogP contribution >= 0.6 is 0 Å². The Morgan fingerprint density at radius 2 is 1.79 bits per heavy atom. The van der Waals surface area contributed by atoms with E-state index in [-0.39, 0.29) is 11.5 Å². The summed E-state index contributed by atoms with van der Waals surface area (Å²) in [6.07, 6.45) is 3.39. The van der Waals surface area contributed by atoms with Crippen LogP contribution in [0.25, 0.3) is 11.8 Å². The van der Waals surface area contributed by atoms with E-state index in [2.05, 4.69) is 0 Å². The van der Waals surface area contributed by atoms with E-state index < -0.39 is 0 Å². The molecule has 2 aromatic rings. The normalized spacial score (nSPS) is 15.4. The summed E-state index contributed by atoms with van der Waals surface area (Å²) >= 11 is 0. The number of rotatable bonds is 3. The van der Waals surface area contributed by atoms with Crippen molar-refractivity contribution in [2.24, 2.45) is 0 Å². The van der Waals surface area contributed by atoms with Crippen LogP contribution in [-0.4, -0.2) is 41.7 Å². The van der Waals surface area contributed by atoms with Crippen molar-refractivity contribution >= 4 is 17.7 Å². The number of pyridine rings is 1. The summed E-state index contributed by atoms with van der Waals surface area (Å²) in [5, 5.41) is 0. The van der Waals surface area contributed by atoms with Gasteiger partial charge in [0.15, 0.2) is 0 Å². The van der Waals surface area contributed by atoms with Gasteiger partial charge in [-0.3, -0.25) is 14.2 Å². The van der Waals surface area contributed by atoms with Crippen LogP contribution in [-0.2, 0) is 9.53 Å². The summed E-state index contributed by atoms with van der Waals surface area (Å²) in [6, 6.07) is 12.7. The fourth-order valence-corrected chi connectivity index (χ4v) is 2.61. The average Bonchev–Trinajstić information content (AvgIpc) is 2.62. The van der Waals surface area contributed by atoms with Crippen LogP contribution in [0, 0.1) is 6.92 Å². The Balaban J connectivity index is 2.03. The highest BCUT2D eigenvalue weighted by atomic mass is 16.5. The molecule has 1 aromatic heterocycles. The van der Waals surface area contributed by atoms with Crippen LogP contribution in [0.4, 0.5) is 0 Å². The third kappa shape index (κ3) is 3.63. The van der Waals surface area contributed by atoms with Crippen molar-refractivity contribution in [3.63, 3.8) is 0 Å². The Hall–Kier alpha value is -2.66. The van der Waals surface area contributed by atoms with Gasteiger partial charge in [0.25, 0.3) is 11.5 Å². The number of ether oxygens (including phenoxy) is 1. The van der Waals surface area contributed by atoms with Crippen molar-refractivity contribution in [2.45, 2.75) is 6.92 Å². The van der Waals surface area contributed by atoms with E-state index in [1.807, 2.05) is 31.2 Å². The predicted octanol–water partition coefficient (Wildman–Crippen LogP) is 2.01. The molecule has 1 amide bonds. The number of carbonyl (C=O) groups excluding carboxylic acids is 1. The fourth-order valence-electron chi connectivity index (χ4n) is 2.61. The third-order valence-electron chi connectivity index (χ3n) is 3.98. The van der Waals surface area contributed by atoms with Gasteiger partial charge in [-0.1, -0.05) is 35.9 Å². The maximum absolute atomic E-state index is 13.0. The van der Waals surface area contributed by atoms with Gasteiger partial charge in [0.05, 0.1) is 13.2 Å². The molecule has 5 heteroatoms. The van der Waals surface area contributed by atoms with Gasteiger partial charge >= 0.3 is 0 Å². The van der Waals surface area contributed by atoms with Crippen LogP contribution in [0.3, 0.4) is 0 Å². The molecule has 1 aromatic carbocycles. The van der Waals surface area contributed by atoms with Gasteiger partial charge in [0.1, 0.15) is 5.70 Å². The Bertz CT molecular complexity index is 800. The lowest BCUT2D eigenvalue weighted by atomic mass is 10.1. The zero-order valence-corrected chi connectivity index (χ0v) is 13.6. The number of morpholine rings is 1. The van der Waals surface area contributed by atoms with Crippen LogP contribution in [0.5, 0.6) is 0 Å². The van der Waals surface area contributed by atoms with Crippen molar-refractivity contribution in [1.82, 2.24) is 9.47 Å².